The third-order valence-corrected chi connectivity index (χ3v) is 3.02. The summed E-state index contributed by atoms with van der Waals surface area (Å²) < 4.78 is 10.3. The molecule has 2 aromatic carbocycles. The van der Waals surface area contributed by atoms with E-state index in [1.165, 1.54) is 31.4 Å². The molecule has 130 valence electrons. The summed E-state index contributed by atoms with van der Waals surface area (Å²) in [4.78, 5) is 26.3. The first-order valence-electron chi connectivity index (χ1n) is 7.04. The van der Waals surface area contributed by atoms with Crippen LogP contribution in [0, 0.1) is 10.1 Å². The molecule has 25 heavy (non-hydrogen) atoms. The van der Waals surface area contributed by atoms with Crippen LogP contribution in [0.3, 0.4) is 0 Å². The number of benzene rings is 2. The number of ether oxygens (including phenoxy) is 2. The average molecular weight is 345 g/mol. The molecule has 0 heterocycles. The molecular formula is C16H15N3O6. The van der Waals surface area contributed by atoms with Gasteiger partial charge in [0.05, 0.1) is 12.0 Å². The second-order valence-electron chi connectivity index (χ2n) is 4.71. The van der Waals surface area contributed by atoms with Gasteiger partial charge in [-0.25, -0.2) is 4.79 Å². The monoisotopic (exact) mass is 345 g/mol. The maximum Gasteiger partial charge on any atom is 0.372 e. The van der Waals surface area contributed by atoms with Gasteiger partial charge in [-0.3, -0.25) is 10.1 Å². The topological polar surface area (TPSA) is 126 Å². The van der Waals surface area contributed by atoms with Crippen LogP contribution in [0.2, 0.25) is 0 Å². The Bertz CT molecular complexity index is 789. The van der Waals surface area contributed by atoms with E-state index in [1.54, 1.807) is 24.3 Å². The first-order valence-corrected chi connectivity index (χ1v) is 7.04. The molecule has 9 heteroatoms. The zero-order chi connectivity index (χ0) is 18.2. The molecule has 0 fully saturated rings. The number of non-ortho nitro benzene ring substituents is 1. The van der Waals surface area contributed by atoms with E-state index in [4.69, 9.17) is 15.2 Å². The lowest BCUT2D eigenvalue weighted by molar-refractivity contribution is -0.384. The first kappa shape index (κ1) is 17.7. The molecule has 0 radical (unpaired) electrons. The van der Waals surface area contributed by atoms with Crippen LogP contribution in [0.1, 0.15) is 5.56 Å². The Balaban J connectivity index is 1.89. The number of carbonyl (C=O) groups is 1. The summed E-state index contributed by atoms with van der Waals surface area (Å²) in [6.07, 6.45) is 0. The van der Waals surface area contributed by atoms with E-state index in [1.807, 2.05) is 0 Å². The third kappa shape index (κ3) is 5.20. The van der Waals surface area contributed by atoms with Crippen molar-refractivity contribution in [1.82, 2.24) is 0 Å². The molecule has 9 nitrogen and oxygen atoms in total. The van der Waals surface area contributed by atoms with Crippen LogP contribution in [-0.2, 0) is 9.63 Å². The molecule has 2 aromatic rings. The highest BCUT2D eigenvalue weighted by molar-refractivity contribution is 5.97. The average Bonchev–Trinajstić information content (AvgIpc) is 2.64. The second kappa shape index (κ2) is 8.29. The summed E-state index contributed by atoms with van der Waals surface area (Å²) in [5.41, 5.74) is 5.96. The summed E-state index contributed by atoms with van der Waals surface area (Å²) in [6.45, 7) is -0.371. The highest BCUT2D eigenvalue weighted by Crippen LogP contribution is 2.18. The van der Waals surface area contributed by atoms with Crippen molar-refractivity contribution < 1.29 is 24.0 Å². The Morgan fingerprint density at radius 2 is 1.88 bits per heavy atom. The summed E-state index contributed by atoms with van der Waals surface area (Å²) in [6, 6.07) is 12.1. The number of nitrogens with two attached hydrogens (primary N) is 1. The minimum Gasteiger partial charge on any atom is -0.497 e. The first-order chi connectivity index (χ1) is 12.0. The van der Waals surface area contributed by atoms with Gasteiger partial charge in [-0.15, -0.1) is 0 Å². The zero-order valence-electron chi connectivity index (χ0n) is 13.2. The van der Waals surface area contributed by atoms with Crippen molar-refractivity contribution in [1.29, 1.82) is 0 Å². The minimum atomic E-state index is -0.757. The van der Waals surface area contributed by atoms with Crippen LogP contribution in [0.5, 0.6) is 11.5 Å². The number of rotatable bonds is 7. The molecule has 0 aliphatic carbocycles. The number of nitrogens with zero attached hydrogens (tertiary/aromatic N) is 2. The van der Waals surface area contributed by atoms with E-state index in [2.05, 4.69) is 9.99 Å². The van der Waals surface area contributed by atoms with Gasteiger partial charge in [0.1, 0.15) is 11.5 Å². The zero-order valence-corrected chi connectivity index (χ0v) is 13.2. The molecule has 0 atom stereocenters. The van der Waals surface area contributed by atoms with E-state index in [-0.39, 0.29) is 18.1 Å². The van der Waals surface area contributed by atoms with Crippen molar-refractivity contribution in [3.8, 4) is 11.5 Å². The molecule has 0 aliphatic heterocycles. The largest absolute Gasteiger partial charge is 0.497 e. The van der Waals surface area contributed by atoms with Gasteiger partial charge in [0, 0.05) is 23.8 Å². The van der Waals surface area contributed by atoms with Crippen molar-refractivity contribution in [3.05, 3.63) is 64.2 Å². The molecule has 0 spiro atoms. The number of carbonyl (C=O) groups excluding carboxylic acids is 1. The Morgan fingerprint density at radius 1 is 1.20 bits per heavy atom. The van der Waals surface area contributed by atoms with Gasteiger partial charge in [0.25, 0.3) is 5.69 Å². The molecule has 0 saturated carbocycles. The van der Waals surface area contributed by atoms with Gasteiger partial charge in [-0.05, 0) is 24.3 Å². The summed E-state index contributed by atoms with van der Waals surface area (Å²) in [5, 5.41) is 14.1. The molecular weight excluding hydrogens is 330 g/mol. The van der Waals surface area contributed by atoms with Crippen molar-refractivity contribution in [2.24, 2.45) is 10.9 Å². The summed E-state index contributed by atoms with van der Waals surface area (Å²) in [5.74, 6) is 0.173. The molecule has 0 unspecified atom stereocenters. The standard InChI is InChI=1S/C16H15N3O6/c1-23-13-3-2-4-14(9-13)24-10-15(20)25-18-16(17)11-5-7-12(8-6-11)19(21)22/h2-9H,10H2,1H3,(H2,17,18). The molecule has 0 aliphatic rings. The van der Waals surface area contributed by atoms with Crippen LogP contribution in [-0.4, -0.2) is 30.4 Å². The molecule has 0 bridgehead atoms. The number of nitro groups is 1. The number of nitro benzene ring substituents is 1. The quantitative estimate of drug-likeness (QED) is 0.267. The van der Waals surface area contributed by atoms with Gasteiger partial charge in [0.15, 0.2) is 12.4 Å². The van der Waals surface area contributed by atoms with Gasteiger partial charge in [-0.1, -0.05) is 11.2 Å². The Labute approximate surface area is 142 Å². The van der Waals surface area contributed by atoms with Crippen molar-refractivity contribution >= 4 is 17.5 Å². The van der Waals surface area contributed by atoms with E-state index >= 15 is 0 Å². The van der Waals surface area contributed by atoms with Gasteiger partial charge in [0.2, 0.25) is 0 Å². The number of methoxy groups -OCH3 is 1. The Hall–Kier alpha value is -3.62. The maximum atomic E-state index is 11.6. The number of hydrogen-bond acceptors (Lipinski definition) is 7. The van der Waals surface area contributed by atoms with Crippen molar-refractivity contribution in [2.45, 2.75) is 0 Å². The Kier molecular flexibility index (Phi) is 5.88. The number of hydrogen-bond donors (Lipinski definition) is 1. The fourth-order valence-corrected chi connectivity index (χ4v) is 1.77. The van der Waals surface area contributed by atoms with Gasteiger partial charge >= 0.3 is 5.97 Å². The lowest BCUT2D eigenvalue weighted by atomic mass is 10.2. The number of oxime groups is 1. The van der Waals surface area contributed by atoms with Crippen LogP contribution >= 0.6 is 0 Å². The van der Waals surface area contributed by atoms with Gasteiger partial charge in [-0.2, -0.15) is 0 Å². The van der Waals surface area contributed by atoms with E-state index in [0.717, 1.165) is 0 Å². The lowest BCUT2D eigenvalue weighted by Gasteiger charge is -2.06. The van der Waals surface area contributed by atoms with Crippen molar-refractivity contribution in [2.75, 3.05) is 13.7 Å². The van der Waals surface area contributed by atoms with Crippen LogP contribution in [0.25, 0.3) is 0 Å². The van der Waals surface area contributed by atoms with Crippen LogP contribution in [0.4, 0.5) is 5.69 Å². The predicted molar refractivity (Wildman–Crippen MR) is 88.4 cm³/mol. The second-order valence-corrected chi connectivity index (χ2v) is 4.71. The third-order valence-electron chi connectivity index (χ3n) is 3.02. The lowest BCUT2D eigenvalue weighted by Crippen LogP contribution is -2.18. The fourth-order valence-electron chi connectivity index (χ4n) is 1.77. The highest BCUT2D eigenvalue weighted by Gasteiger charge is 2.08. The van der Waals surface area contributed by atoms with Crippen LogP contribution in [0.15, 0.2) is 53.7 Å². The molecule has 0 amide bonds. The SMILES string of the molecule is COc1cccc(OCC(=O)ON=C(N)c2ccc([N+](=O)[O-])cc2)c1. The summed E-state index contributed by atoms with van der Waals surface area (Å²) in [7, 11) is 1.52. The van der Waals surface area contributed by atoms with Crippen LogP contribution < -0.4 is 15.2 Å². The fraction of sp³-hybridized carbons (Fsp3) is 0.125. The normalized spacial score (nSPS) is 10.8. The van der Waals surface area contributed by atoms with E-state index < -0.39 is 10.9 Å². The predicted octanol–water partition coefficient (Wildman–Crippen LogP) is 1.85. The Morgan fingerprint density at radius 3 is 2.52 bits per heavy atom. The van der Waals surface area contributed by atoms with Gasteiger partial charge < -0.3 is 20.0 Å². The van der Waals surface area contributed by atoms with E-state index in [9.17, 15) is 14.9 Å². The minimum absolute atomic E-state index is 0.0831. The number of amidine groups is 1. The molecule has 0 aromatic heterocycles. The smallest absolute Gasteiger partial charge is 0.372 e. The van der Waals surface area contributed by atoms with E-state index in [0.29, 0.717) is 17.1 Å². The molecule has 0 saturated heterocycles. The molecule has 2 rings (SSSR count). The highest BCUT2D eigenvalue weighted by atomic mass is 16.7. The van der Waals surface area contributed by atoms with Crippen molar-refractivity contribution in [3.63, 3.8) is 0 Å². The molecule has 2 N–H and O–H groups in total. The summed E-state index contributed by atoms with van der Waals surface area (Å²) >= 11 is 0. The maximum absolute atomic E-state index is 11.6.